The van der Waals surface area contributed by atoms with E-state index in [1.807, 2.05) is 30.4 Å². The van der Waals surface area contributed by atoms with Gasteiger partial charge in [-0.15, -0.1) is 0 Å². The van der Waals surface area contributed by atoms with Crippen molar-refractivity contribution < 1.29 is 0 Å². The summed E-state index contributed by atoms with van der Waals surface area (Å²) in [6.45, 7) is 0. The van der Waals surface area contributed by atoms with Gasteiger partial charge in [-0.05, 0) is 29.8 Å². The number of nitrogens with zero attached hydrogens (tertiary/aromatic N) is 4. The monoisotopic (exact) mass is 320 g/mol. The molecule has 6 heteroatoms. The summed E-state index contributed by atoms with van der Waals surface area (Å²) in [5.74, 6) is 0. The molecule has 2 heterocycles. The van der Waals surface area contributed by atoms with Crippen LogP contribution in [0, 0.1) is 11.3 Å². The maximum atomic E-state index is 12.4. The molecule has 6 nitrogen and oxygen atoms in total. The Labute approximate surface area is 138 Å². The van der Waals surface area contributed by atoms with Crippen LogP contribution in [0.5, 0.6) is 0 Å². The third-order valence-electron chi connectivity index (χ3n) is 4.18. The number of rotatable bonds is 2. The largest absolute Gasteiger partial charge is 0.338 e. The third-order valence-corrected chi connectivity index (χ3v) is 4.18. The molecule has 2 aromatic heterocycles. The van der Waals surface area contributed by atoms with Crippen LogP contribution in [0.3, 0.4) is 0 Å². The summed E-state index contributed by atoms with van der Waals surface area (Å²) >= 11 is 0. The molecule has 0 radical (unpaired) electrons. The molecule has 0 aliphatic rings. The van der Waals surface area contributed by atoms with Crippen molar-refractivity contribution in [3.8, 4) is 6.07 Å². The fraction of sp³-hybridized carbons (Fsp3) is 0.167. The molecule has 0 aliphatic heterocycles. The average molecular weight is 320 g/mol. The van der Waals surface area contributed by atoms with Gasteiger partial charge in [0.25, 0.3) is 5.56 Å². The number of nitriles is 1. The Morgan fingerprint density at radius 3 is 2.25 bits per heavy atom. The van der Waals surface area contributed by atoms with E-state index in [0.717, 1.165) is 15.8 Å². The van der Waals surface area contributed by atoms with Crippen LogP contribution in [0.15, 0.2) is 39.9 Å². The topological polar surface area (TPSA) is 72.7 Å². The summed E-state index contributed by atoms with van der Waals surface area (Å²) in [5, 5.41) is 8.82. The highest BCUT2D eigenvalue weighted by atomic mass is 16.2. The first kappa shape index (κ1) is 15.6. The highest BCUT2D eigenvalue weighted by molar-refractivity contribution is 5.82. The van der Waals surface area contributed by atoms with Gasteiger partial charge >= 0.3 is 5.69 Å². The van der Waals surface area contributed by atoms with Gasteiger partial charge in [0.1, 0.15) is 5.52 Å². The summed E-state index contributed by atoms with van der Waals surface area (Å²) in [6, 6.07) is 11.1. The Kier molecular flexibility index (Phi) is 3.70. The summed E-state index contributed by atoms with van der Waals surface area (Å²) in [5.41, 5.74) is 2.79. The van der Waals surface area contributed by atoms with Crippen LogP contribution in [-0.2, 0) is 21.1 Å². The first-order valence-electron chi connectivity index (χ1n) is 7.37. The molecular weight excluding hydrogens is 304 g/mol. The molecule has 0 aliphatic carbocycles. The number of hydrogen-bond donors (Lipinski definition) is 0. The molecule has 24 heavy (non-hydrogen) atoms. The van der Waals surface area contributed by atoms with Crippen LogP contribution in [0.4, 0.5) is 0 Å². The van der Waals surface area contributed by atoms with Gasteiger partial charge in [-0.3, -0.25) is 13.9 Å². The molecule has 0 atom stereocenters. The van der Waals surface area contributed by atoms with Crippen LogP contribution in [0.2, 0.25) is 0 Å². The van der Waals surface area contributed by atoms with Crippen LogP contribution >= 0.6 is 0 Å². The quantitative estimate of drug-likeness (QED) is 0.720. The fourth-order valence-corrected chi connectivity index (χ4v) is 2.70. The average Bonchev–Trinajstić information content (AvgIpc) is 2.93. The van der Waals surface area contributed by atoms with Gasteiger partial charge in [-0.25, -0.2) is 4.79 Å². The van der Waals surface area contributed by atoms with Crippen molar-refractivity contribution in [2.75, 3.05) is 0 Å². The van der Waals surface area contributed by atoms with Crippen LogP contribution < -0.4 is 11.2 Å². The second-order valence-electron chi connectivity index (χ2n) is 5.63. The SMILES string of the molecule is Cn1c(=O)c2c(cc(/C=C/c3ccc(C#N)cc3)n2C)n(C)c1=O. The predicted molar refractivity (Wildman–Crippen MR) is 93.5 cm³/mol. The number of aromatic nitrogens is 3. The normalized spacial score (nSPS) is 11.2. The zero-order valence-electron chi connectivity index (χ0n) is 13.6. The van der Waals surface area contributed by atoms with Crippen LogP contribution in [-0.4, -0.2) is 13.7 Å². The van der Waals surface area contributed by atoms with Crippen molar-refractivity contribution in [2.24, 2.45) is 21.1 Å². The van der Waals surface area contributed by atoms with E-state index >= 15 is 0 Å². The number of benzene rings is 1. The Balaban J connectivity index is 2.12. The van der Waals surface area contributed by atoms with Crippen LogP contribution in [0.25, 0.3) is 23.2 Å². The molecule has 0 saturated carbocycles. The second kappa shape index (κ2) is 5.70. The van der Waals surface area contributed by atoms with E-state index in [4.69, 9.17) is 5.26 Å². The van der Waals surface area contributed by atoms with Gasteiger partial charge in [0.05, 0.1) is 17.1 Å². The van der Waals surface area contributed by atoms with Gasteiger partial charge in [-0.1, -0.05) is 18.2 Å². The van der Waals surface area contributed by atoms with Crippen molar-refractivity contribution in [3.05, 3.63) is 68.0 Å². The minimum absolute atomic E-state index is 0.311. The Hall–Kier alpha value is -3.33. The predicted octanol–water partition coefficient (Wildman–Crippen LogP) is 1.62. The van der Waals surface area contributed by atoms with E-state index in [2.05, 4.69) is 6.07 Å². The molecule has 0 amide bonds. The Morgan fingerprint density at radius 1 is 0.958 bits per heavy atom. The smallest absolute Gasteiger partial charge is 0.331 e. The second-order valence-corrected chi connectivity index (χ2v) is 5.63. The Morgan fingerprint density at radius 2 is 1.62 bits per heavy atom. The van der Waals surface area contributed by atoms with E-state index in [1.165, 1.54) is 11.6 Å². The standard InChI is InChI=1S/C18H16N4O2/c1-20-14(9-8-12-4-6-13(11-19)7-5-12)10-15-16(20)17(23)22(3)18(24)21(15)2/h4-10H,1-3H3/b9-8+. The Bertz CT molecular complexity index is 1120. The van der Waals surface area contributed by atoms with Gasteiger partial charge in [0, 0.05) is 26.8 Å². The summed E-state index contributed by atoms with van der Waals surface area (Å²) in [4.78, 5) is 24.4. The number of aryl methyl sites for hydroxylation is 2. The number of hydrogen-bond acceptors (Lipinski definition) is 3. The van der Waals surface area contributed by atoms with Gasteiger partial charge in [-0.2, -0.15) is 5.26 Å². The molecule has 0 saturated heterocycles. The first-order valence-corrected chi connectivity index (χ1v) is 7.37. The highest BCUT2D eigenvalue weighted by Crippen LogP contribution is 2.16. The summed E-state index contributed by atoms with van der Waals surface area (Å²) in [7, 11) is 4.92. The van der Waals surface area contributed by atoms with E-state index in [9.17, 15) is 9.59 Å². The first-order chi connectivity index (χ1) is 11.4. The van der Waals surface area contributed by atoms with E-state index in [0.29, 0.717) is 16.6 Å². The third kappa shape index (κ3) is 2.36. The highest BCUT2D eigenvalue weighted by Gasteiger charge is 2.13. The molecule has 0 N–H and O–H groups in total. The van der Waals surface area contributed by atoms with Crippen molar-refractivity contribution in [1.82, 2.24) is 13.7 Å². The maximum absolute atomic E-state index is 12.4. The number of fused-ring (bicyclic) bond motifs is 1. The minimum atomic E-state index is -0.347. The lowest BCUT2D eigenvalue weighted by molar-refractivity contribution is 0.708. The van der Waals surface area contributed by atoms with Crippen molar-refractivity contribution in [2.45, 2.75) is 0 Å². The zero-order valence-corrected chi connectivity index (χ0v) is 13.6. The molecule has 0 fully saturated rings. The van der Waals surface area contributed by atoms with Crippen molar-refractivity contribution in [3.63, 3.8) is 0 Å². The fourth-order valence-electron chi connectivity index (χ4n) is 2.70. The molecule has 0 unspecified atom stereocenters. The van der Waals surface area contributed by atoms with Gasteiger partial charge in [0.2, 0.25) is 0 Å². The molecule has 120 valence electrons. The van der Waals surface area contributed by atoms with E-state index in [1.54, 1.807) is 30.8 Å². The van der Waals surface area contributed by atoms with Crippen molar-refractivity contribution >= 4 is 23.2 Å². The van der Waals surface area contributed by atoms with Gasteiger partial charge < -0.3 is 4.57 Å². The lowest BCUT2D eigenvalue weighted by atomic mass is 10.1. The molecule has 0 spiro atoms. The van der Waals surface area contributed by atoms with Gasteiger partial charge in [0.15, 0.2) is 0 Å². The van der Waals surface area contributed by atoms with E-state index < -0.39 is 0 Å². The van der Waals surface area contributed by atoms with E-state index in [-0.39, 0.29) is 11.2 Å². The molecular formula is C18H16N4O2. The van der Waals surface area contributed by atoms with Crippen molar-refractivity contribution in [1.29, 1.82) is 5.26 Å². The molecule has 0 bridgehead atoms. The summed E-state index contributed by atoms with van der Waals surface area (Å²) in [6.07, 6.45) is 3.78. The lowest BCUT2D eigenvalue weighted by Crippen LogP contribution is -2.37. The summed E-state index contributed by atoms with van der Waals surface area (Å²) < 4.78 is 4.35. The molecule has 1 aromatic carbocycles. The maximum Gasteiger partial charge on any atom is 0.331 e. The van der Waals surface area contributed by atoms with Crippen LogP contribution in [0.1, 0.15) is 16.8 Å². The zero-order chi connectivity index (χ0) is 17.4. The molecule has 3 rings (SSSR count). The minimum Gasteiger partial charge on any atom is -0.338 e. The molecule has 3 aromatic rings. The lowest BCUT2D eigenvalue weighted by Gasteiger charge is -2.04.